The van der Waals surface area contributed by atoms with Gasteiger partial charge in [-0.3, -0.25) is 0 Å². The Hall–Kier alpha value is -1.52. The van der Waals surface area contributed by atoms with E-state index in [4.69, 9.17) is 4.52 Å². The van der Waals surface area contributed by atoms with Crippen molar-refractivity contribution in [3.63, 3.8) is 0 Å². The number of piperidine rings is 1. The van der Waals surface area contributed by atoms with Crippen LogP contribution in [0.15, 0.2) is 4.52 Å². The molecule has 1 saturated heterocycles. The van der Waals surface area contributed by atoms with Gasteiger partial charge in [-0.05, 0) is 33.1 Å². The van der Waals surface area contributed by atoms with Gasteiger partial charge in [0.25, 0.3) is 0 Å². The summed E-state index contributed by atoms with van der Waals surface area (Å²) in [5.41, 5.74) is 1.83. The zero-order valence-electron chi connectivity index (χ0n) is 10.5. The maximum Gasteiger partial charge on any atom is 0.317 e. The lowest BCUT2D eigenvalue weighted by atomic mass is 10.1. The molecule has 1 aromatic heterocycles. The highest BCUT2D eigenvalue weighted by Gasteiger charge is 2.17. The quantitative estimate of drug-likeness (QED) is 0.855. The van der Waals surface area contributed by atoms with E-state index in [1.165, 1.54) is 6.42 Å². The van der Waals surface area contributed by atoms with Crippen molar-refractivity contribution in [1.29, 1.82) is 0 Å². The summed E-state index contributed by atoms with van der Waals surface area (Å²) < 4.78 is 5.06. The lowest BCUT2D eigenvalue weighted by molar-refractivity contribution is 0.186. The summed E-state index contributed by atoms with van der Waals surface area (Å²) in [6.07, 6.45) is 3.45. The SMILES string of the molecule is Cc1noc(C)c1CNC(=O)N1CCCCC1. The van der Waals surface area contributed by atoms with Gasteiger partial charge in [0.05, 0.1) is 5.69 Å². The Bertz CT molecular complexity index is 375. The minimum atomic E-state index is 0.0182. The van der Waals surface area contributed by atoms with E-state index in [2.05, 4.69) is 10.5 Å². The van der Waals surface area contributed by atoms with Crippen LogP contribution in [0.3, 0.4) is 0 Å². The molecule has 0 radical (unpaired) electrons. The van der Waals surface area contributed by atoms with Gasteiger partial charge in [0.2, 0.25) is 0 Å². The third-order valence-electron chi connectivity index (χ3n) is 3.24. The molecule has 0 aliphatic carbocycles. The molecule has 94 valence electrons. The van der Waals surface area contributed by atoms with Gasteiger partial charge in [-0.2, -0.15) is 0 Å². The zero-order chi connectivity index (χ0) is 12.3. The summed E-state index contributed by atoms with van der Waals surface area (Å²) >= 11 is 0. The molecule has 0 saturated carbocycles. The van der Waals surface area contributed by atoms with Gasteiger partial charge in [0, 0.05) is 25.2 Å². The van der Waals surface area contributed by atoms with Crippen molar-refractivity contribution in [3.05, 3.63) is 17.0 Å². The number of nitrogens with zero attached hydrogens (tertiary/aromatic N) is 2. The maximum absolute atomic E-state index is 11.9. The van der Waals surface area contributed by atoms with E-state index in [9.17, 15) is 4.79 Å². The van der Waals surface area contributed by atoms with Crippen LogP contribution in [0, 0.1) is 13.8 Å². The second-order valence-electron chi connectivity index (χ2n) is 4.51. The van der Waals surface area contributed by atoms with E-state index in [0.717, 1.165) is 42.9 Å². The Morgan fingerprint density at radius 3 is 2.65 bits per heavy atom. The molecule has 0 aromatic carbocycles. The predicted molar refractivity (Wildman–Crippen MR) is 63.6 cm³/mol. The summed E-state index contributed by atoms with van der Waals surface area (Å²) in [6, 6.07) is 0.0182. The molecule has 2 heterocycles. The van der Waals surface area contributed by atoms with Crippen LogP contribution in [0.25, 0.3) is 0 Å². The van der Waals surface area contributed by atoms with Crippen LogP contribution in [0.4, 0.5) is 4.79 Å². The molecular formula is C12H19N3O2. The first-order valence-corrected chi connectivity index (χ1v) is 6.13. The number of aryl methyl sites for hydroxylation is 2. The Morgan fingerprint density at radius 2 is 2.06 bits per heavy atom. The number of likely N-dealkylation sites (tertiary alicyclic amines) is 1. The fraction of sp³-hybridized carbons (Fsp3) is 0.667. The fourth-order valence-electron chi connectivity index (χ4n) is 2.13. The molecule has 0 bridgehead atoms. The topological polar surface area (TPSA) is 58.4 Å². The summed E-state index contributed by atoms with van der Waals surface area (Å²) in [7, 11) is 0. The van der Waals surface area contributed by atoms with Gasteiger partial charge in [-0.15, -0.1) is 0 Å². The second kappa shape index (κ2) is 5.21. The lowest BCUT2D eigenvalue weighted by Gasteiger charge is -2.26. The van der Waals surface area contributed by atoms with Gasteiger partial charge in [0.15, 0.2) is 0 Å². The molecule has 2 amide bonds. The highest BCUT2D eigenvalue weighted by atomic mass is 16.5. The van der Waals surface area contributed by atoms with Crippen molar-refractivity contribution in [2.24, 2.45) is 0 Å². The minimum absolute atomic E-state index is 0.0182. The number of carbonyl (C=O) groups is 1. The lowest BCUT2D eigenvalue weighted by Crippen LogP contribution is -2.42. The van der Waals surface area contributed by atoms with Crippen LogP contribution < -0.4 is 5.32 Å². The van der Waals surface area contributed by atoms with Crippen LogP contribution in [0.1, 0.15) is 36.3 Å². The van der Waals surface area contributed by atoms with Crippen molar-refractivity contribution in [3.8, 4) is 0 Å². The van der Waals surface area contributed by atoms with Gasteiger partial charge >= 0.3 is 6.03 Å². The third kappa shape index (κ3) is 2.78. The van der Waals surface area contributed by atoms with Crippen molar-refractivity contribution in [1.82, 2.24) is 15.4 Å². The maximum atomic E-state index is 11.9. The highest BCUT2D eigenvalue weighted by molar-refractivity contribution is 5.74. The molecule has 5 heteroatoms. The van der Waals surface area contributed by atoms with E-state index in [1.54, 1.807) is 0 Å². The summed E-state index contributed by atoms with van der Waals surface area (Å²) in [6.45, 7) is 5.98. The number of amides is 2. The molecule has 1 fully saturated rings. The number of urea groups is 1. The van der Waals surface area contributed by atoms with Crippen LogP contribution in [-0.4, -0.2) is 29.2 Å². The van der Waals surface area contributed by atoms with E-state index in [0.29, 0.717) is 6.54 Å². The molecule has 0 unspecified atom stereocenters. The monoisotopic (exact) mass is 237 g/mol. The zero-order valence-corrected chi connectivity index (χ0v) is 10.5. The van der Waals surface area contributed by atoms with Crippen molar-refractivity contribution >= 4 is 6.03 Å². The Kier molecular flexibility index (Phi) is 3.66. The van der Waals surface area contributed by atoms with Gasteiger partial charge in [-0.25, -0.2) is 4.79 Å². The average molecular weight is 237 g/mol. The molecule has 1 aromatic rings. The largest absolute Gasteiger partial charge is 0.361 e. The third-order valence-corrected chi connectivity index (χ3v) is 3.24. The molecular weight excluding hydrogens is 218 g/mol. The highest BCUT2D eigenvalue weighted by Crippen LogP contribution is 2.12. The van der Waals surface area contributed by atoms with Crippen molar-refractivity contribution in [2.45, 2.75) is 39.7 Å². The molecule has 5 nitrogen and oxygen atoms in total. The standard InChI is InChI=1S/C12H19N3O2/c1-9-11(10(2)17-14-9)8-13-12(16)15-6-4-3-5-7-15/h3-8H2,1-2H3,(H,13,16). The molecule has 1 aliphatic rings. The first kappa shape index (κ1) is 12.0. The van der Waals surface area contributed by atoms with E-state index in [1.807, 2.05) is 18.7 Å². The normalized spacial score (nSPS) is 16.0. The summed E-state index contributed by atoms with van der Waals surface area (Å²) in [5, 5.41) is 6.79. The van der Waals surface area contributed by atoms with Gasteiger partial charge in [-0.1, -0.05) is 5.16 Å². The van der Waals surface area contributed by atoms with Gasteiger partial charge < -0.3 is 14.7 Å². The second-order valence-corrected chi connectivity index (χ2v) is 4.51. The molecule has 0 atom stereocenters. The van der Waals surface area contributed by atoms with Crippen LogP contribution in [-0.2, 0) is 6.54 Å². The van der Waals surface area contributed by atoms with Crippen LogP contribution in [0.2, 0.25) is 0 Å². The number of hydrogen-bond donors (Lipinski definition) is 1. The first-order chi connectivity index (χ1) is 8.18. The van der Waals surface area contributed by atoms with Crippen LogP contribution >= 0.6 is 0 Å². The van der Waals surface area contributed by atoms with E-state index >= 15 is 0 Å². The number of aromatic nitrogens is 1. The predicted octanol–water partition coefficient (Wildman–Crippen LogP) is 1.99. The fourth-order valence-corrected chi connectivity index (χ4v) is 2.13. The smallest absolute Gasteiger partial charge is 0.317 e. The average Bonchev–Trinajstić information content (AvgIpc) is 2.67. The number of carbonyl (C=O) groups excluding carboxylic acids is 1. The molecule has 1 N–H and O–H groups in total. The summed E-state index contributed by atoms with van der Waals surface area (Å²) in [4.78, 5) is 13.8. The van der Waals surface area contributed by atoms with Crippen molar-refractivity contribution < 1.29 is 9.32 Å². The van der Waals surface area contributed by atoms with E-state index in [-0.39, 0.29) is 6.03 Å². The number of hydrogen-bond acceptors (Lipinski definition) is 3. The van der Waals surface area contributed by atoms with Crippen molar-refractivity contribution in [2.75, 3.05) is 13.1 Å². The Morgan fingerprint density at radius 1 is 1.35 bits per heavy atom. The number of nitrogens with one attached hydrogen (secondary N) is 1. The molecule has 0 spiro atoms. The molecule has 2 rings (SSSR count). The Balaban J connectivity index is 1.87. The molecule has 17 heavy (non-hydrogen) atoms. The summed E-state index contributed by atoms with van der Waals surface area (Å²) in [5.74, 6) is 0.779. The van der Waals surface area contributed by atoms with Gasteiger partial charge in [0.1, 0.15) is 5.76 Å². The Labute approximate surface area is 101 Å². The van der Waals surface area contributed by atoms with E-state index < -0.39 is 0 Å². The molecule has 1 aliphatic heterocycles. The number of rotatable bonds is 2. The minimum Gasteiger partial charge on any atom is -0.361 e. The van der Waals surface area contributed by atoms with Crippen LogP contribution in [0.5, 0.6) is 0 Å². The first-order valence-electron chi connectivity index (χ1n) is 6.13.